The minimum absolute atomic E-state index is 0.101. The number of hydrogen-bond donors (Lipinski definition) is 1. The molecule has 6 heteroatoms. The van der Waals surface area contributed by atoms with Crippen molar-refractivity contribution in [3.05, 3.63) is 78.4 Å². The summed E-state index contributed by atoms with van der Waals surface area (Å²) in [6.45, 7) is 0.845. The number of fused-ring (bicyclic) bond motifs is 1. The van der Waals surface area contributed by atoms with E-state index in [0.29, 0.717) is 5.56 Å². The maximum absolute atomic E-state index is 13.0. The summed E-state index contributed by atoms with van der Waals surface area (Å²) in [5, 5.41) is 3.04. The summed E-state index contributed by atoms with van der Waals surface area (Å²) in [6, 6.07) is 23.7. The molecular formula is C26H25N3O2S. The molecule has 0 aliphatic carbocycles. The number of carbonyl (C=O) groups excluding carboxylic acids is 1. The summed E-state index contributed by atoms with van der Waals surface area (Å²) < 4.78 is 7.81. The van der Waals surface area contributed by atoms with Gasteiger partial charge in [0.25, 0.3) is 5.91 Å². The van der Waals surface area contributed by atoms with Gasteiger partial charge in [-0.15, -0.1) is 11.8 Å². The Kier molecular flexibility index (Phi) is 5.97. The van der Waals surface area contributed by atoms with Crippen LogP contribution in [-0.2, 0) is 11.8 Å². The number of aromatic nitrogens is 2. The quantitative estimate of drug-likeness (QED) is 0.385. The van der Waals surface area contributed by atoms with Crippen LogP contribution >= 0.6 is 11.8 Å². The molecular weight excluding hydrogens is 418 g/mol. The lowest BCUT2D eigenvalue weighted by Gasteiger charge is -2.12. The van der Waals surface area contributed by atoms with Crippen molar-refractivity contribution in [2.45, 2.75) is 23.8 Å². The number of benzene rings is 3. The van der Waals surface area contributed by atoms with E-state index < -0.39 is 0 Å². The molecule has 1 aromatic heterocycles. The predicted molar refractivity (Wildman–Crippen MR) is 130 cm³/mol. The molecule has 32 heavy (non-hydrogen) atoms. The van der Waals surface area contributed by atoms with E-state index in [9.17, 15) is 4.79 Å². The number of aryl methyl sites for hydroxylation is 1. The Morgan fingerprint density at radius 1 is 1.09 bits per heavy atom. The highest BCUT2D eigenvalue weighted by Gasteiger charge is 2.18. The molecule has 3 aromatic carbocycles. The maximum atomic E-state index is 13.0. The Balaban J connectivity index is 1.30. The number of imidazole rings is 1. The van der Waals surface area contributed by atoms with E-state index in [2.05, 4.69) is 16.0 Å². The number of carbonyl (C=O) groups is 1. The van der Waals surface area contributed by atoms with Crippen molar-refractivity contribution >= 4 is 34.4 Å². The highest BCUT2D eigenvalue weighted by molar-refractivity contribution is 7.99. The van der Waals surface area contributed by atoms with E-state index in [4.69, 9.17) is 9.72 Å². The fraction of sp³-hybridized carbons (Fsp3) is 0.231. The summed E-state index contributed by atoms with van der Waals surface area (Å²) in [4.78, 5) is 18.7. The maximum Gasteiger partial charge on any atom is 0.256 e. The zero-order valence-electron chi connectivity index (χ0n) is 18.0. The monoisotopic (exact) mass is 443 g/mol. The van der Waals surface area contributed by atoms with Crippen molar-refractivity contribution in [3.8, 4) is 11.4 Å². The fourth-order valence-electron chi connectivity index (χ4n) is 4.04. The number of hydrogen-bond acceptors (Lipinski definition) is 4. The van der Waals surface area contributed by atoms with Gasteiger partial charge in [-0.05, 0) is 61.4 Å². The molecule has 1 N–H and O–H groups in total. The van der Waals surface area contributed by atoms with Crippen molar-refractivity contribution in [2.24, 2.45) is 7.05 Å². The number of nitrogens with one attached hydrogen (secondary N) is 1. The van der Waals surface area contributed by atoms with Crippen LogP contribution < -0.4 is 5.32 Å². The molecule has 0 radical (unpaired) electrons. The molecule has 1 aliphatic rings. The minimum Gasteiger partial charge on any atom is -0.377 e. The Morgan fingerprint density at radius 3 is 2.66 bits per heavy atom. The lowest BCUT2D eigenvalue weighted by atomic mass is 10.1. The molecule has 0 spiro atoms. The first-order valence-corrected chi connectivity index (χ1v) is 11.8. The van der Waals surface area contributed by atoms with Gasteiger partial charge >= 0.3 is 0 Å². The van der Waals surface area contributed by atoms with Crippen molar-refractivity contribution in [3.63, 3.8) is 0 Å². The molecule has 1 fully saturated rings. The van der Waals surface area contributed by atoms with Gasteiger partial charge in [0.1, 0.15) is 5.82 Å². The van der Waals surface area contributed by atoms with Crippen LogP contribution in [0.5, 0.6) is 0 Å². The molecule has 4 aromatic rings. The molecule has 1 unspecified atom stereocenters. The Labute approximate surface area is 191 Å². The first-order chi connectivity index (χ1) is 15.7. The van der Waals surface area contributed by atoms with Crippen LogP contribution in [0.25, 0.3) is 22.4 Å². The molecule has 2 heterocycles. The lowest BCUT2D eigenvalue weighted by molar-refractivity contribution is 0.102. The SMILES string of the molecule is Cn1c(-c2ccc(NC(=O)c3ccccc3SCC3CCCO3)cc2)nc2ccccc21. The van der Waals surface area contributed by atoms with Crippen LogP contribution in [0.1, 0.15) is 23.2 Å². The first-order valence-electron chi connectivity index (χ1n) is 10.9. The Bertz CT molecular complexity index is 1240. The first kappa shape index (κ1) is 20.8. The molecule has 5 rings (SSSR count). The zero-order chi connectivity index (χ0) is 21.9. The van der Waals surface area contributed by atoms with Gasteiger partial charge in [0.05, 0.1) is 22.7 Å². The van der Waals surface area contributed by atoms with E-state index in [-0.39, 0.29) is 12.0 Å². The van der Waals surface area contributed by atoms with Crippen LogP contribution in [0.4, 0.5) is 5.69 Å². The van der Waals surface area contributed by atoms with E-state index in [1.165, 1.54) is 0 Å². The fourth-order valence-corrected chi connectivity index (χ4v) is 5.16. The second-order valence-electron chi connectivity index (χ2n) is 7.96. The summed E-state index contributed by atoms with van der Waals surface area (Å²) >= 11 is 1.69. The van der Waals surface area contributed by atoms with Gasteiger partial charge in [-0.1, -0.05) is 24.3 Å². The third-order valence-electron chi connectivity index (χ3n) is 5.77. The number of ether oxygens (including phenoxy) is 1. The van der Waals surface area contributed by atoms with Crippen LogP contribution in [0.15, 0.2) is 77.7 Å². The van der Waals surface area contributed by atoms with E-state index in [0.717, 1.165) is 58.2 Å². The minimum atomic E-state index is -0.101. The summed E-state index contributed by atoms with van der Waals surface area (Å²) in [5.41, 5.74) is 4.53. The second kappa shape index (κ2) is 9.18. The van der Waals surface area contributed by atoms with Crippen molar-refractivity contribution in [1.82, 2.24) is 9.55 Å². The highest BCUT2D eigenvalue weighted by atomic mass is 32.2. The van der Waals surface area contributed by atoms with Crippen LogP contribution in [0.3, 0.4) is 0 Å². The highest BCUT2D eigenvalue weighted by Crippen LogP contribution is 2.28. The van der Waals surface area contributed by atoms with Gasteiger partial charge < -0.3 is 14.6 Å². The molecule has 1 atom stereocenters. The van der Waals surface area contributed by atoms with E-state index in [1.54, 1.807) is 11.8 Å². The van der Waals surface area contributed by atoms with Gasteiger partial charge in [0, 0.05) is 35.6 Å². The average molecular weight is 444 g/mol. The molecule has 1 amide bonds. The smallest absolute Gasteiger partial charge is 0.256 e. The Hall–Kier alpha value is -3.09. The topological polar surface area (TPSA) is 56.2 Å². The third-order valence-corrected chi connectivity index (χ3v) is 6.97. The molecule has 162 valence electrons. The molecule has 5 nitrogen and oxygen atoms in total. The summed E-state index contributed by atoms with van der Waals surface area (Å²) in [5.74, 6) is 1.67. The summed E-state index contributed by atoms with van der Waals surface area (Å²) in [7, 11) is 2.02. The largest absolute Gasteiger partial charge is 0.377 e. The van der Waals surface area contributed by atoms with Crippen molar-refractivity contribution < 1.29 is 9.53 Å². The van der Waals surface area contributed by atoms with Gasteiger partial charge in [-0.3, -0.25) is 4.79 Å². The Morgan fingerprint density at radius 2 is 1.88 bits per heavy atom. The van der Waals surface area contributed by atoms with Gasteiger partial charge in [0.2, 0.25) is 0 Å². The molecule has 1 saturated heterocycles. The average Bonchev–Trinajstić information content (AvgIpc) is 3.47. The number of thioether (sulfide) groups is 1. The number of para-hydroxylation sites is 2. The van der Waals surface area contributed by atoms with Gasteiger partial charge in [0.15, 0.2) is 0 Å². The van der Waals surface area contributed by atoms with Crippen molar-refractivity contribution in [1.29, 1.82) is 0 Å². The molecule has 0 saturated carbocycles. The van der Waals surface area contributed by atoms with E-state index >= 15 is 0 Å². The predicted octanol–water partition coefficient (Wildman–Crippen LogP) is 5.76. The number of nitrogens with zero attached hydrogens (tertiary/aromatic N) is 2. The molecule has 1 aliphatic heterocycles. The summed E-state index contributed by atoms with van der Waals surface area (Å²) in [6.07, 6.45) is 2.50. The van der Waals surface area contributed by atoms with Crippen LogP contribution in [0, 0.1) is 0 Å². The van der Waals surface area contributed by atoms with Crippen molar-refractivity contribution in [2.75, 3.05) is 17.7 Å². The van der Waals surface area contributed by atoms with E-state index in [1.807, 2.05) is 73.8 Å². The number of anilines is 1. The van der Waals surface area contributed by atoms with Gasteiger partial charge in [-0.25, -0.2) is 4.98 Å². The van der Waals surface area contributed by atoms with Gasteiger partial charge in [-0.2, -0.15) is 0 Å². The standard InChI is InChI=1S/C26H25N3O2S/c1-29-23-10-4-3-9-22(23)28-25(29)18-12-14-19(15-13-18)27-26(30)21-8-2-5-11-24(21)32-17-20-7-6-16-31-20/h2-5,8-15,20H,6-7,16-17H2,1H3,(H,27,30). The van der Waals surface area contributed by atoms with Crippen LogP contribution in [-0.4, -0.2) is 33.9 Å². The zero-order valence-corrected chi connectivity index (χ0v) is 18.8. The van der Waals surface area contributed by atoms with Crippen LogP contribution in [0.2, 0.25) is 0 Å². The number of rotatable bonds is 6. The second-order valence-corrected chi connectivity index (χ2v) is 9.02. The number of amides is 1. The lowest BCUT2D eigenvalue weighted by Crippen LogP contribution is -2.14. The normalized spacial score (nSPS) is 15.8. The molecule has 0 bridgehead atoms. The third kappa shape index (κ3) is 4.29.